The Kier molecular flexibility index (Phi) is 5.14. The summed E-state index contributed by atoms with van der Waals surface area (Å²) in [5, 5.41) is 31.7. The van der Waals surface area contributed by atoms with Crippen LogP contribution in [0.15, 0.2) is 72.8 Å². The van der Waals surface area contributed by atoms with Gasteiger partial charge in [-0.1, -0.05) is 48.5 Å². The van der Waals surface area contributed by atoms with E-state index < -0.39 is 12.1 Å². The first-order valence-electron chi connectivity index (χ1n) is 10.4. The number of carbonyl (C=O) groups is 2. The quantitative estimate of drug-likeness (QED) is 0.350. The number of aromatic nitrogens is 2. The van der Waals surface area contributed by atoms with Gasteiger partial charge in [0.15, 0.2) is 17.6 Å². The van der Waals surface area contributed by atoms with Crippen LogP contribution in [0.3, 0.4) is 0 Å². The molecule has 2 aromatic heterocycles. The maximum atomic E-state index is 12.6. The van der Waals surface area contributed by atoms with Crippen molar-refractivity contribution >= 4 is 17.9 Å². The number of hydrogen-bond donors (Lipinski definition) is 4. The highest BCUT2D eigenvalue weighted by atomic mass is 16.5. The van der Waals surface area contributed by atoms with E-state index in [9.17, 15) is 24.9 Å². The van der Waals surface area contributed by atoms with Crippen molar-refractivity contribution in [3.8, 4) is 28.7 Å². The van der Waals surface area contributed by atoms with Crippen molar-refractivity contribution < 1.29 is 29.6 Å². The molecule has 0 aliphatic heterocycles. The summed E-state index contributed by atoms with van der Waals surface area (Å²) < 4.78 is 6.46. The topological polar surface area (TPSA) is 134 Å². The minimum absolute atomic E-state index is 0.0129. The average molecular weight is 457 g/mol. The molecule has 9 nitrogen and oxygen atoms in total. The minimum Gasteiger partial charge on any atom is -0.494 e. The number of fused-ring (bicyclic) bond motifs is 3. The lowest BCUT2D eigenvalue weighted by Gasteiger charge is -2.15. The first-order chi connectivity index (χ1) is 16.4. The predicted octanol–water partition coefficient (Wildman–Crippen LogP) is 4.34. The van der Waals surface area contributed by atoms with Crippen LogP contribution in [-0.4, -0.2) is 43.5 Å². The molecular formula is C25H19N3O6. The fraction of sp³-hybridized carbons (Fsp3) is 0.0800. The molecule has 1 aliphatic rings. The molecule has 2 heterocycles. The number of aromatic carboxylic acids is 1. The van der Waals surface area contributed by atoms with Gasteiger partial charge in [-0.3, -0.25) is 5.32 Å². The highest BCUT2D eigenvalue weighted by Crippen LogP contribution is 2.44. The zero-order valence-electron chi connectivity index (χ0n) is 17.7. The molecule has 5 rings (SSSR count). The van der Waals surface area contributed by atoms with Crippen LogP contribution in [0.25, 0.3) is 16.9 Å². The third-order valence-electron chi connectivity index (χ3n) is 5.74. The Labute approximate surface area is 193 Å². The molecule has 0 saturated heterocycles. The maximum Gasteiger partial charge on any atom is 0.412 e. The van der Waals surface area contributed by atoms with Gasteiger partial charge in [-0.25, -0.2) is 19.1 Å². The second kappa shape index (κ2) is 8.28. The Morgan fingerprint density at radius 2 is 1.47 bits per heavy atom. The molecule has 1 amide bonds. The Balaban J connectivity index is 1.38. The summed E-state index contributed by atoms with van der Waals surface area (Å²) >= 11 is 0. The lowest BCUT2D eigenvalue weighted by molar-refractivity contribution is 0.0697. The first-order valence-corrected chi connectivity index (χ1v) is 10.4. The highest BCUT2D eigenvalue weighted by molar-refractivity contribution is 5.97. The standard InChI is InChI=1S/C25H19N3O6/c29-21-11-12-22(30)28(21)20-10-9-18(24(31)32)23(26-20)27-25(33)34-13-19-16-7-3-1-5-14(16)15-6-2-4-8-17(15)19/h1-12,19,29-30H,13H2,(H,31,32)(H,26,27,33). The number of benzene rings is 2. The van der Waals surface area contributed by atoms with E-state index >= 15 is 0 Å². The van der Waals surface area contributed by atoms with Gasteiger partial charge in [0.05, 0.1) is 0 Å². The summed E-state index contributed by atoms with van der Waals surface area (Å²) in [6, 6.07) is 20.8. The van der Waals surface area contributed by atoms with Gasteiger partial charge in [0.2, 0.25) is 0 Å². The SMILES string of the molecule is O=C(Nc1nc(-n2c(O)ccc2O)ccc1C(=O)O)OCC1c2ccccc2-c2ccccc21. The fourth-order valence-corrected chi connectivity index (χ4v) is 4.22. The van der Waals surface area contributed by atoms with Gasteiger partial charge < -0.3 is 20.1 Å². The Morgan fingerprint density at radius 3 is 2.06 bits per heavy atom. The van der Waals surface area contributed by atoms with E-state index in [1.807, 2.05) is 48.5 Å². The summed E-state index contributed by atoms with van der Waals surface area (Å²) in [5.74, 6) is -2.35. The number of amides is 1. The van der Waals surface area contributed by atoms with Crippen LogP contribution < -0.4 is 5.32 Å². The summed E-state index contributed by atoms with van der Waals surface area (Å²) in [6.45, 7) is 0.0428. The van der Waals surface area contributed by atoms with E-state index in [0.717, 1.165) is 26.8 Å². The molecule has 4 aromatic rings. The minimum atomic E-state index is -1.31. The van der Waals surface area contributed by atoms with Crippen molar-refractivity contribution in [2.45, 2.75) is 5.92 Å². The molecule has 1 aliphatic carbocycles. The third-order valence-corrected chi connectivity index (χ3v) is 5.74. The van der Waals surface area contributed by atoms with Crippen LogP contribution in [0.1, 0.15) is 27.4 Å². The van der Waals surface area contributed by atoms with E-state index in [1.165, 1.54) is 24.3 Å². The van der Waals surface area contributed by atoms with Crippen molar-refractivity contribution in [3.05, 3.63) is 89.5 Å². The zero-order valence-corrected chi connectivity index (χ0v) is 17.7. The molecule has 0 spiro atoms. The largest absolute Gasteiger partial charge is 0.494 e. The second-order valence-electron chi connectivity index (χ2n) is 7.71. The number of nitrogens with zero attached hydrogens (tertiary/aromatic N) is 2. The predicted molar refractivity (Wildman–Crippen MR) is 123 cm³/mol. The molecule has 4 N–H and O–H groups in total. The highest BCUT2D eigenvalue weighted by Gasteiger charge is 2.29. The molecule has 0 bridgehead atoms. The maximum absolute atomic E-state index is 12.6. The Morgan fingerprint density at radius 1 is 0.882 bits per heavy atom. The van der Waals surface area contributed by atoms with Crippen molar-refractivity contribution in [1.29, 1.82) is 0 Å². The average Bonchev–Trinajstić information content (AvgIpc) is 3.34. The molecule has 9 heteroatoms. The van der Waals surface area contributed by atoms with Gasteiger partial charge in [0, 0.05) is 18.1 Å². The number of anilines is 1. The van der Waals surface area contributed by atoms with Gasteiger partial charge in [-0.05, 0) is 34.4 Å². The molecule has 0 atom stereocenters. The lowest BCUT2D eigenvalue weighted by atomic mass is 9.98. The van der Waals surface area contributed by atoms with Gasteiger partial charge in [-0.15, -0.1) is 0 Å². The summed E-state index contributed by atoms with van der Waals surface area (Å²) in [4.78, 5) is 28.4. The summed E-state index contributed by atoms with van der Waals surface area (Å²) in [5.41, 5.74) is 3.98. The van der Waals surface area contributed by atoms with Gasteiger partial charge in [-0.2, -0.15) is 0 Å². The van der Waals surface area contributed by atoms with Crippen molar-refractivity contribution in [1.82, 2.24) is 9.55 Å². The van der Waals surface area contributed by atoms with Crippen molar-refractivity contribution in [2.24, 2.45) is 0 Å². The number of pyridine rings is 1. The Hall–Kier alpha value is -4.79. The number of nitrogens with one attached hydrogen (secondary N) is 1. The first kappa shape index (κ1) is 21.1. The van der Waals surface area contributed by atoms with Crippen molar-refractivity contribution in [2.75, 3.05) is 11.9 Å². The van der Waals surface area contributed by atoms with Crippen LogP contribution in [0.2, 0.25) is 0 Å². The lowest BCUT2D eigenvalue weighted by Crippen LogP contribution is -2.20. The van der Waals surface area contributed by atoms with Crippen LogP contribution in [0.5, 0.6) is 11.8 Å². The van der Waals surface area contributed by atoms with E-state index in [-0.39, 0.29) is 41.5 Å². The molecule has 170 valence electrons. The van der Waals surface area contributed by atoms with E-state index in [2.05, 4.69) is 10.3 Å². The number of carboxylic acids is 1. The molecule has 0 fully saturated rings. The summed E-state index contributed by atoms with van der Waals surface area (Å²) in [6.07, 6.45) is -0.880. The van der Waals surface area contributed by atoms with Gasteiger partial charge in [0.25, 0.3) is 0 Å². The van der Waals surface area contributed by atoms with Crippen LogP contribution in [0, 0.1) is 0 Å². The zero-order chi connectivity index (χ0) is 23.8. The summed E-state index contributed by atoms with van der Waals surface area (Å²) in [7, 11) is 0. The molecule has 0 saturated carbocycles. The number of aromatic hydroxyl groups is 2. The van der Waals surface area contributed by atoms with Gasteiger partial charge in [0.1, 0.15) is 18.0 Å². The van der Waals surface area contributed by atoms with Crippen LogP contribution >= 0.6 is 0 Å². The van der Waals surface area contributed by atoms with Crippen LogP contribution in [-0.2, 0) is 4.74 Å². The van der Waals surface area contributed by atoms with Crippen LogP contribution in [0.4, 0.5) is 10.6 Å². The third kappa shape index (κ3) is 3.58. The van der Waals surface area contributed by atoms with Gasteiger partial charge >= 0.3 is 12.1 Å². The normalized spacial score (nSPS) is 12.1. The number of carbonyl (C=O) groups excluding carboxylic acids is 1. The number of hydrogen-bond acceptors (Lipinski definition) is 6. The monoisotopic (exact) mass is 457 g/mol. The fourth-order valence-electron chi connectivity index (χ4n) is 4.22. The van der Waals surface area contributed by atoms with E-state index in [1.54, 1.807) is 0 Å². The van der Waals surface area contributed by atoms with E-state index in [0.29, 0.717) is 0 Å². The Bertz CT molecular complexity index is 1360. The number of ether oxygens (including phenoxy) is 1. The molecular weight excluding hydrogens is 438 g/mol. The number of rotatable bonds is 5. The van der Waals surface area contributed by atoms with Crippen molar-refractivity contribution in [3.63, 3.8) is 0 Å². The van der Waals surface area contributed by atoms with E-state index in [4.69, 9.17) is 4.74 Å². The molecule has 0 unspecified atom stereocenters. The number of carboxylic acid groups (broad SMARTS) is 1. The second-order valence-corrected chi connectivity index (χ2v) is 7.71. The smallest absolute Gasteiger partial charge is 0.412 e. The molecule has 34 heavy (non-hydrogen) atoms. The molecule has 2 aromatic carbocycles. The molecule has 0 radical (unpaired) electrons.